The summed E-state index contributed by atoms with van der Waals surface area (Å²) in [4.78, 5) is 0. The van der Waals surface area contributed by atoms with Gasteiger partial charge in [-0.15, -0.1) is 0 Å². The third kappa shape index (κ3) is 9.20. The van der Waals surface area contributed by atoms with E-state index in [1.807, 2.05) is 12.1 Å². The zero-order valence-corrected chi connectivity index (χ0v) is 37.8. The van der Waals surface area contributed by atoms with Crippen molar-refractivity contribution in [3.63, 3.8) is 0 Å². The number of phenols is 2. The normalized spacial score (nSPS) is 10.8. The molecule has 0 aromatic heterocycles. The van der Waals surface area contributed by atoms with E-state index in [0.717, 1.165) is 5.56 Å². The second-order valence-electron chi connectivity index (χ2n) is 16.3. The van der Waals surface area contributed by atoms with E-state index in [-0.39, 0.29) is 27.3 Å². The van der Waals surface area contributed by atoms with Crippen LogP contribution in [-0.4, -0.2) is 35.8 Å². The average molecular weight is 945 g/mol. The van der Waals surface area contributed by atoms with Crippen molar-refractivity contribution in [2.45, 2.75) is 7.43 Å². The van der Waals surface area contributed by atoms with E-state index >= 15 is 0 Å². The quantitative estimate of drug-likeness (QED) is 0.105. The molecule has 0 aliphatic carbocycles. The van der Waals surface area contributed by atoms with Gasteiger partial charge in [-0.05, 0) is 156 Å². The molecule has 327 valence electrons. The van der Waals surface area contributed by atoms with Gasteiger partial charge < -0.3 is 20.3 Å². The lowest BCUT2D eigenvalue weighted by Gasteiger charge is -2.18. The first-order valence-corrected chi connectivity index (χ1v) is 22.6. The number of hydrogen-bond acceptors (Lipinski definition) is 4. The molecular weight excluding hydrogens is 898 g/mol. The van der Waals surface area contributed by atoms with Crippen LogP contribution in [0.4, 0.5) is 0 Å². The molecule has 12 aromatic carbocycles. The Balaban J connectivity index is 0.000000152. The number of rotatable bonds is 4. The second-order valence-corrected chi connectivity index (χ2v) is 17.1. The Morgan fingerprint density at radius 3 is 0.956 bits per heavy atom. The van der Waals surface area contributed by atoms with E-state index in [4.69, 9.17) is 15.2 Å². The van der Waals surface area contributed by atoms with E-state index in [9.17, 15) is 5.11 Å². The Morgan fingerprint density at radius 2 is 0.588 bits per heavy atom. The lowest BCUT2D eigenvalue weighted by molar-refractivity contribution is 0.425. The van der Waals surface area contributed by atoms with Gasteiger partial charge >= 0.3 is 7.12 Å². The molecule has 0 atom stereocenters. The molecule has 0 amide bonds. The minimum Gasteiger partial charge on any atom is -0.508 e. The van der Waals surface area contributed by atoms with Gasteiger partial charge in [-0.25, -0.2) is 0 Å². The van der Waals surface area contributed by atoms with Crippen LogP contribution in [-0.2, 0) is 0 Å². The number of aromatic hydroxyl groups is 2. The molecule has 0 spiro atoms. The van der Waals surface area contributed by atoms with Crippen molar-refractivity contribution in [2.75, 3.05) is 0 Å². The fourth-order valence-corrected chi connectivity index (χ4v) is 9.79. The van der Waals surface area contributed by atoms with E-state index < -0.39 is 7.12 Å². The summed E-state index contributed by atoms with van der Waals surface area (Å²) in [7, 11) is -1.46. The van der Waals surface area contributed by atoms with Gasteiger partial charge in [-0.1, -0.05) is 202 Å². The largest absolute Gasteiger partial charge is 0.508 e. The van der Waals surface area contributed by atoms with Gasteiger partial charge in [-0.2, -0.15) is 0 Å². The van der Waals surface area contributed by atoms with Crippen LogP contribution in [0.2, 0.25) is 0 Å². The standard InChI is InChI=1S/C30H20O.C24H15Br.C6H7BO3.CH4.B/c31-24-17-15-21(16-18-24)29-25-9-3-5-11-27(25)30(28-12-6-4-10-26(28)29)23-14-13-20-7-1-2-8-22(20)19-23;25-24-21-11-5-3-9-19(21)23(20-10-4-6-12-22(20)24)18-14-13-16-7-1-2-8-17(16)15-18;8-6-3-1-5(2-4-6)7(9)10;;/h1-19,31H;1-15H;1-4,8-10H;1H4;. The average Bonchev–Trinajstić information content (AvgIpc) is 3.36. The smallest absolute Gasteiger partial charge is 0.488 e. The number of fused-ring (bicyclic) bond motifs is 6. The molecule has 0 aliphatic heterocycles. The number of phenolic OH excluding ortho intramolecular Hbond substituents is 2. The zero-order valence-electron chi connectivity index (χ0n) is 36.3. The maximum Gasteiger partial charge on any atom is 0.488 e. The predicted octanol–water partition coefficient (Wildman–Crippen LogP) is 15.1. The van der Waals surface area contributed by atoms with Gasteiger partial charge in [0.1, 0.15) is 11.5 Å². The summed E-state index contributed by atoms with van der Waals surface area (Å²) < 4.78 is 1.17. The molecule has 4 N–H and O–H groups in total. The van der Waals surface area contributed by atoms with Crippen molar-refractivity contribution >= 4 is 102 Å². The molecule has 4 nitrogen and oxygen atoms in total. The Labute approximate surface area is 406 Å². The molecule has 0 heterocycles. The first-order valence-electron chi connectivity index (χ1n) is 21.8. The summed E-state index contributed by atoms with van der Waals surface area (Å²) in [5.74, 6) is 0.398. The minimum absolute atomic E-state index is 0. The van der Waals surface area contributed by atoms with Gasteiger partial charge in [0.05, 0.1) is 0 Å². The van der Waals surface area contributed by atoms with Crippen LogP contribution < -0.4 is 5.46 Å². The summed E-state index contributed by atoms with van der Waals surface area (Å²) in [6.45, 7) is 0. The van der Waals surface area contributed by atoms with Crippen molar-refractivity contribution in [3.05, 3.63) is 235 Å². The van der Waals surface area contributed by atoms with Gasteiger partial charge in [0.15, 0.2) is 0 Å². The van der Waals surface area contributed by atoms with E-state index in [1.165, 1.54) is 121 Å². The molecule has 68 heavy (non-hydrogen) atoms. The topological polar surface area (TPSA) is 80.9 Å². The van der Waals surface area contributed by atoms with Crippen LogP contribution in [0.15, 0.2) is 235 Å². The summed E-state index contributed by atoms with van der Waals surface area (Å²) in [5, 5.41) is 50.8. The fourth-order valence-electron chi connectivity index (χ4n) is 9.10. The third-order valence-corrected chi connectivity index (χ3v) is 13.1. The fraction of sp³-hybridized carbons (Fsp3) is 0.0164. The van der Waals surface area contributed by atoms with E-state index in [1.54, 1.807) is 12.1 Å². The summed E-state index contributed by atoms with van der Waals surface area (Å²) in [6, 6.07) is 78.3. The lowest BCUT2D eigenvalue weighted by atomic mass is 9.80. The molecule has 0 bridgehead atoms. The number of benzene rings is 12. The highest BCUT2D eigenvalue weighted by Gasteiger charge is 2.17. The molecule has 0 fully saturated rings. The Kier molecular flexibility index (Phi) is 14.1. The van der Waals surface area contributed by atoms with Crippen LogP contribution >= 0.6 is 15.9 Å². The van der Waals surface area contributed by atoms with Gasteiger partial charge in [0.2, 0.25) is 0 Å². The van der Waals surface area contributed by atoms with Crippen molar-refractivity contribution in [1.82, 2.24) is 0 Å². The van der Waals surface area contributed by atoms with Gasteiger partial charge in [0, 0.05) is 12.9 Å². The first-order chi connectivity index (χ1) is 32.3. The molecule has 0 saturated heterocycles. The van der Waals surface area contributed by atoms with Crippen molar-refractivity contribution in [1.29, 1.82) is 0 Å². The van der Waals surface area contributed by atoms with Crippen molar-refractivity contribution in [3.8, 4) is 44.9 Å². The van der Waals surface area contributed by atoms with Crippen LogP contribution in [0.1, 0.15) is 7.43 Å². The van der Waals surface area contributed by atoms with Crippen molar-refractivity contribution < 1.29 is 20.3 Å². The minimum atomic E-state index is -1.46. The molecule has 7 heteroatoms. The van der Waals surface area contributed by atoms with E-state index in [2.05, 4.69) is 198 Å². The molecule has 0 unspecified atom stereocenters. The summed E-state index contributed by atoms with van der Waals surface area (Å²) in [5.41, 5.74) is 7.74. The third-order valence-electron chi connectivity index (χ3n) is 12.2. The molecule has 0 aliphatic rings. The van der Waals surface area contributed by atoms with Crippen LogP contribution in [0.3, 0.4) is 0 Å². The SMILES string of the molecule is Brc1c2ccccc2c(-c2ccc3ccccc3c2)c2ccccc12.C.OB(O)c1ccc(O)cc1.Oc1ccc(-c2c3ccccc3c(-c3ccc4ccccc4c3)c3ccccc23)cc1.[B]. The van der Waals surface area contributed by atoms with E-state index in [0.29, 0.717) is 5.46 Å². The molecule has 12 aromatic rings. The Bertz CT molecular complexity index is 3610. The lowest BCUT2D eigenvalue weighted by Crippen LogP contribution is -2.29. The van der Waals surface area contributed by atoms with Gasteiger partial charge in [-0.3, -0.25) is 0 Å². The molecular formula is C61H46B2BrO4. The summed E-state index contributed by atoms with van der Waals surface area (Å²) in [6.07, 6.45) is 0. The van der Waals surface area contributed by atoms with Crippen LogP contribution in [0, 0.1) is 0 Å². The molecule has 3 radical (unpaired) electrons. The summed E-state index contributed by atoms with van der Waals surface area (Å²) >= 11 is 3.83. The maximum atomic E-state index is 9.81. The van der Waals surface area contributed by atoms with Crippen LogP contribution in [0.25, 0.3) is 98.0 Å². The maximum absolute atomic E-state index is 9.81. The first kappa shape index (κ1) is 46.8. The highest BCUT2D eigenvalue weighted by Crippen LogP contribution is 2.45. The Morgan fingerprint density at radius 1 is 0.309 bits per heavy atom. The molecule has 0 saturated carbocycles. The monoisotopic (exact) mass is 943 g/mol. The van der Waals surface area contributed by atoms with Crippen molar-refractivity contribution in [2.24, 2.45) is 0 Å². The highest BCUT2D eigenvalue weighted by molar-refractivity contribution is 9.10. The van der Waals surface area contributed by atoms with Gasteiger partial charge in [0.25, 0.3) is 0 Å². The van der Waals surface area contributed by atoms with Crippen LogP contribution in [0.5, 0.6) is 11.5 Å². The number of hydrogen-bond donors (Lipinski definition) is 4. The Hall–Kier alpha value is -7.67. The predicted molar refractivity (Wildman–Crippen MR) is 294 cm³/mol. The second kappa shape index (κ2) is 20.5. The molecule has 12 rings (SSSR count). The number of halogens is 1. The zero-order chi connectivity index (χ0) is 45.1. The highest BCUT2D eigenvalue weighted by atomic mass is 79.9.